The third-order valence-corrected chi connectivity index (χ3v) is 3.96. The largest absolute Gasteiger partial charge is 0.477 e. The number of aryl methyl sites for hydroxylation is 2. The normalized spacial score (nSPS) is 12.4. The van der Waals surface area contributed by atoms with Crippen molar-refractivity contribution in [2.24, 2.45) is 7.05 Å². The summed E-state index contributed by atoms with van der Waals surface area (Å²) in [5.74, 6) is 1.36. The van der Waals surface area contributed by atoms with E-state index in [4.69, 9.17) is 9.26 Å². The van der Waals surface area contributed by atoms with Gasteiger partial charge in [-0.25, -0.2) is 9.97 Å². The van der Waals surface area contributed by atoms with Crippen LogP contribution in [-0.4, -0.2) is 36.5 Å². The maximum Gasteiger partial charge on any atom is 0.234 e. The highest BCUT2D eigenvalue weighted by Gasteiger charge is 2.23. The zero-order valence-electron chi connectivity index (χ0n) is 14.4. The molecule has 0 aliphatic heterocycles. The summed E-state index contributed by atoms with van der Waals surface area (Å²) < 4.78 is 12.6. The fourth-order valence-corrected chi connectivity index (χ4v) is 2.71. The van der Waals surface area contributed by atoms with Gasteiger partial charge in [0.05, 0.1) is 30.6 Å². The first-order chi connectivity index (χ1) is 11.5. The molecule has 0 fully saturated rings. The fourth-order valence-electron chi connectivity index (χ4n) is 2.71. The molecule has 0 saturated carbocycles. The van der Waals surface area contributed by atoms with Crippen molar-refractivity contribution in [3.8, 4) is 17.4 Å². The van der Waals surface area contributed by atoms with Crippen LogP contribution in [0.15, 0.2) is 16.9 Å². The molecule has 0 aliphatic carbocycles. The molecule has 0 amide bonds. The average molecular weight is 328 g/mol. The third-order valence-electron chi connectivity index (χ3n) is 3.96. The molecule has 0 N–H and O–H groups in total. The van der Waals surface area contributed by atoms with Gasteiger partial charge in [0.25, 0.3) is 0 Å². The lowest BCUT2D eigenvalue weighted by molar-refractivity contribution is 0.325. The highest BCUT2D eigenvalue weighted by atomic mass is 16.5. The van der Waals surface area contributed by atoms with Crippen molar-refractivity contribution in [2.75, 3.05) is 6.61 Å². The summed E-state index contributed by atoms with van der Waals surface area (Å²) in [5.41, 5.74) is 3.69. The second-order valence-corrected chi connectivity index (χ2v) is 5.56. The van der Waals surface area contributed by atoms with E-state index < -0.39 is 0 Å². The molecule has 1 atom stereocenters. The Morgan fingerprint density at radius 2 is 2.04 bits per heavy atom. The van der Waals surface area contributed by atoms with E-state index in [1.807, 2.05) is 39.4 Å². The lowest BCUT2D eigenvalue weighted by Gasteiger charge is -2.07. The van der Waals surface area contributed by atoms with E-state index in [0.717, 1.165) is 17.0 Å². The quantitative estimate of drug-likeness (QED) is 0.710. The Morgan fingerprint density at radius 3 is 2.62 bits per heavy atom. The summed E-state index contributed by atoms with van der Waals surface area (Å²) in [6.45, 7) is 8.47. The Bertz CT molecular complexity index is 837. The zero-order chi connectivity index (χ0) is 17.3. The molecule has 0 aromatic carbocycles. The van der Waals surface area contributed by atoms with Crippen molar-refractivity contribution in [1.29, 1.82) is 0 Å². The summed E-state index contributed by atoms with van der Waals surface area (Å²) in [5, 5.41) is 8.46. The van der Waals surface area contributed by atoms with Crippen LogP contribution in [0.25, 0.3) is 11.5 Å². The van der Waals surface area contributed by atoms with Crippen LogP contribution in [0.1, 0.15) is 42.6 Å². The van der Waals surface area contributed by atoms with Gasteiger partial charge in [-0.05, 0) is 27.7 Å². The average Bonchev–Trinajstić information content (AvgIpc) is 3.14. The van der Waals surface area contributed by atoms with E-state index in [9.17, 15) is 0 Å². The van der Waals surface area contributed by atoms with Gasteiger partial charge in [0.15, 0.2) is 0 Å². The van der Waals surface area contributed by atoms with Gasteiger partial charge in [-0.15, -0.1) is 0 Å². The Morgan fingerprint density at radius 1 is 1.25 bits per heavy atom. The molecule has 0 spiro atoms. The van der Waals surface area contributed by atoms with E-state index >= 15 is 0 Å². The molecule has 0 aliphatic rings. The topological polar surface area (TPSA) is 91.8 Å². The minimum absolute atomic E-state index is 0.0457. The first-order valence-electron chi connectivity index (χ1n) is 7.80. The monoisotopic (exact) mass is 328 g/mol. The summed E-state index contributed by atoms with van der Waals surface area (Å²) in [4.78, 5) is 12.9. The molecule has 3 aromatic heterocycles. The van der Waals surface area contributed by atoms with Crippen molar-refractivity contribution in [3.05, 3.63) is 35.2 Å². The van der Waals surface area contributed by atoms with Crippen LogP contribution in [0.2, 0.25) is 0 Å². The minimum atomic E-state index is -0.0457. The molecule has 0 unspecified atom stereocenters. The number of rotatable bonds is 5. The van der Waals surface area contributed by atoms with Crippen LogP contribution in [0.3, 0.4) is 0 Å². The van der Waals surface area contributed by atoms with Crippen LogP contribution in [0.5, 0.6) is 5.88 Å². The second-order valence-electron chi connectivity index (χ2n) is 5.56. The zero-order valence-corrected chi connectivity index (χ0v) is 14.4. The van der Waals surface area contributed by atoms with Crippen LogP contribution in [0.4, 0.5) is 0 Å². The van der Waals surface area contributed by atoms with Crippen molar-refractivity contribution >= 4 is 0 Å². The van der Waals surface area contributed by atoms with Crippen molar-refractivity contribution in [2.45, 2.75) is 33.6 Å². The van der Waals surface area contributed by atoms with Crippen LogP contribution in [-0.2, 0) is 7.05 Å². The van der Waals surface area contributed by atoms with Gasteiger partial charge >= 0.3 is 0 Å². The fraction of sp³-hybridized carbons (Fsp3) is 0.438. The highest BCUT2D eigenvalue weighted by molar-refractivity contribution is 5.46. The second kappa shape index (κ2) is 6.38. The van der Waals surface area contributed by atoms with E-state index in [-0.39, 0.29) is 5.92 Å². The summed E-state index contributed by atoms with van der Waals surface area (Å²) >= 11 is 0. The number of aromatic nitrogens is 6. The Balaban J connectivity index is 1.87. The third kappa shape index (κ3) is 2.86. The predicted molar refractivity (Wildman–Crippen MR) is 86.7 cm³/mol. The Kier molecular flexibility index (Phi) is 4.28. The number of ether oxygens (including phenoxy) is 1. The molecule has 0 bridgehead atoms. The van der Waals surface area contributed by atoms with Gasteiger partial charge < -0.3 is 9.26 Å². The molecule has 3 rings (SSSR count). The SMILES string of the molecule is CCOc1cnc(-c2noc([C@@H](C)c3c(C)nn(C)c3C)n2)cn1. The first kappa shape index (κ1) is 16.1. The number of hydrogen-bond donors (Lipinski definition) is 0. The van der Waals surface area contributed by atoms with E-state index in [1.54, 1.807) is 12.4 Å². The molecule has 3 aromatic rings. The van der Waals surface area contributed by atoms with Gasteiger partial charge in [-0.3, -0.25) is 4.68 Å². The first-order valence-corrected chi connectivity index (χ1v) is 7.80. The Hall–Kier alpha value is -2.77. The van der Waals surface area contributed by atoms with Crippen molar-refractivity contribution < 1.29 is 9.26 Å². The van der Waals surface area contributed by atoms with Crippen LogP contribution < -0.4 is 4.74 Å². The molecular formula is C16H20N6O2. The van der Waals surface area contributed by atoms with Crippen LogP contribution >= 0.6 is 0 Å². The lowest BCUT2D eigenvalue weighted by Crippen LogP contribution is -2.01. The molecular weight excluding hydrogens is 308 g/mol. The van der Waals surface area contributed by atoms with Crippen molar-refractivity contribution in [3.63, 3.8) is 0 Å². The molecule has 0 saturated heterocycles. The van der Waals surface area contributed by atoms with E-state index in [0.29, 0.717) is 29.9 Å². The predicted octanol–water partition coefficient (Wildman–Crippen LogP) is 2.43. The summed E-state index contributed by atoms with van der Waals surface area (Å²) in [7, 11) is 1.92. The van der Waals surface area contributed by atoms with Gasteiger partial charge in [0.1, 0.15) is 5.69 Å². The molecule has 8 heteroatoms. The Labute approximate surface area is 139 Å². The molecule has 0 radical (unpaired) electrons. The number of hydrogen-bond acceptors (Lipinski definition) is 7. The standard InChI is InChI=1S/C16H20N6O2/c1-6-23-13-8-17-12(7-18-13)15-19-16(24-21-15)9(2)14-10(3)20-22(5)11(14)4/h7-9H,6H2,1-5H3/t9-/m0/s1. The molecule has 24 heavy (non-hydrogen) atoms. The van der Waals surface area contributed by atoms with Crippen LogP contribution in [0, 0.1) is 13.8 Å². The van der Waals surface area contributed by atoms with Gasteiger partial charge in [-0.1, -0.05) is 5.16 Å². The maximum absolute atomic E-state index is 5.44. The summed E-state index contributed by atoms with van der Waals surface area (Å²) in [6.07, 6.45) is 3.12. The molecule has 8 nitrogen and oxygen atoms in total. The van der Waals surface area contributed by atoms with Gasteiger partial charge in [-0.2, -0.15) is 10.1 Å². The van der Waals surface area contributed by atoms with Crippen molar-refractivity contribution in [1.82, 2.24) is 29.9 Å². The van der Waals surface area contributed by atoms with Gasteiger partial charge in [0, 0.05) is 18.3 Å². The minimum Gasteiger partial charge on any atom is -0.477 e. The lowest BCUT2D eigenvalue weighted by atomic mass is 9.99. The van der Waals surface area contributed by atoms with E-state index in [1.165, 1.54) is 0 Å². The highest BCUT2D eigenvalue weighted by Crippen LogP contribution is 2.29. The smallest absolute Gasteiger partial charge is 0.234 e. The molecule has 126 valence electrons. The summed E-state index contributed by atoms with van der Waals surface area (Å²) in [6, 6.07) is 0. The van der Waals surface area contributed by atoms with Gasteiger partial charge in [0.2, 0.25) is 17.6 Å². The maximum atomic E-state index is 5.44. The number of nitrogens with zero attached hydrogens (tertiary/aromatic N) is 6. The molecule has 3 heterocycles. The van der Waals surface area contributed by atoms with E-state index in [2.05, 4.69) is 25.2 Å².